The highest BCUT2D eigenvalue weighted by atomic mass is 16.5. The van der Waals surface area contributed by atoms with Gasteiger partial charge in [0.1, 0.15) is 30.1 Å². The van der Waals surface area contributed by atoms with Crippen molar-refractivity contribution in [2.45, 2.75) is 63.9 Å². The Bertz CT molecular complexity index is 1390. The third-order valence-corrected chi connectivity index (χ3v) is 8.08. The minimum absolute atomic E-state index is 0.119. The molecule has 0 N–H and O–H groups in total. The van der Waals surface area contributed by atoms with Crippen LogP contribution in [0, 0.1) is 46.3 Å². The summed E-state index contributed by atoms with van der Waals surface area (Å²) < 4.78 is 6.76. The Morgan fingerprint density at radius 3 is 2.44 bits per heavy atom. The molecule has 1 heterocycles. The van der Waals surface area contributed by atoms with E-state index in [9.17, 15) is 15.8 Å². The molecule has 0 saturated carbocycles. The molecule has 4 heteroatoms. The molecule has 2 aliphatic carbocycles. The summed E-state index contributed by atoms with van der Waals surface area (Å²) in [5.74, 6) is 0.910. The zero-order valence-electron chi connectivity index (χ0n) is 20.1. The fourth-order valence-electron chi connectivity index (χ4n) is 6.02. The summed E-state index contributed by atoms with van der Waals surface area (Å²) in [4.78, 5) is 0. The number of aryl methyl sites for hydroxylation is 2. The maximum atomic E-state index is 9.74. The first-order chi connectivity index (χ1) is 16.1. The lowest BCUT2D eigenvalue weighted by Crippen LogP contribution is -2.48. The van der Waals surface area contributed by atoms with Gasteiger partial charge in [-0.2, -0.15) is 15.8 Å². The van der Waals surface area contributed by atoms with E-state index >= 15 is 0 Å². The highest BCUT2D eigenvalue weighted by Gasteiger charge is 2.50. The lowest BCUT2D eigenvalue weighted by molar-refractivity contribution is 0.117. The molecule has 5 rings (SSSR count). The van der Waals surface area contributed by atoms with E-state index in [1.807, 2.05) is 37.3 Å². The van der Waals surface area contributed by atoms with Gasteiger partial charge in [0.15, 0.2) is 0 Å². The Balaban J connectivity index is 1.70. The van der Waals surface area contributed by atoms with Crippen LogP contribution in [0.1, 0.15) is 66.1 Å². The molecule has 0 spiro atoms. The third kappa shape index (κ3) is 2.81. The monoisotopic (exact) mass is 445 g/mol. The van der Waals surface area contributed by atoms with E-state index in [0.29, 0.717) is 5.56 Å². The quantitative estimate of drug-likeness (QED) is 0.533. The van der Waals surface area contributed by atoms with Crippen molar-refractivity contribution in [1.29, 1.82) is 15.8 Å². The third-order valence-electron chi connectivity index (χ3n) is 8.08. The van der Waals surface area contributed by atoms with E-state index in [1.165, 1.54) is 5.56 Å². The Kier molecular flexibility index (Phi) is 4.59. The van der Waals surface area contributed by atoms with Crippen LogP contribution in [-0.4, -0.2) is 6.10 Å². The largest absolute Gasteiger partial charge is 0.488 e. The number of hydrogen-bond donors (Lipinski definition) is 0. The number of rotatable bonds is 1. The Morgan fingerprint density at radius 1 is 1.06 bits per heavy atom. The lowest BCUT2D eigenvalue weighted by Gasteiger charge is -2.49. The van der Waals surface area contributed by atoms with Gasteiger partial charge in [-0.3, -0.25) is 0 Å². The second kappa shape index (κ2) is 7.09. The minimum Gasteiger partial charge on any atom is -0.488 e. The summed E-state index contributed by atoms with van der Waals surface area (Å²) in [6.07, 6.45) is 6.97. The molecule has 0 bridgehead atoms. The van der Waals surface area contributed by atoms with Crippen molar-refractivity contribution in [1.82, 2.24) is 0 Å². The van der Waals surface area contributed by atoms with Crippen LogP contribution in [0.15, 0.2) is 36.9 Å². The van der Waals surface area contributed by atoms with E-state index in [0.717, 1.165) is 58.4 Å². The second-order valence-electron chi connectivity index (χ2n) is 10.7. The Labute approximate surface area is 201 Å². The first kappa shape index (κ1) is 22.0. The first-order valence-corrected chi connectivity index (χ1v) is 11.7. The van der Waals surface area contributed by atoms with E-state index in [1.54, 1.807) is 0 Å². The van der Waals surface area contributed by atoms with Crippen LogP contribution in [0.3, 0.4) is 0 Å². The molecule has 3 aliphatic rings. The van der Waals surface area contributed by atoms with Gasteiger partial charge in [-0.05, 0) is 66.4 Å². The zero-order valence-corrected chi connectivity index (χ0v) is 20.1. The Morgan fingerprint density at radius 2 is 1.76 bits per heavy atom. The summed E-state index contributed by atoms with van der Waals surface area (Å²) in [7, 11) is 0. The fourth-order valence-corrected chi connectivity index (χ4v) is 6.02. The smallest absolute Gasteiger partial charge is 0.253 e. The summed E-state index contributed by atoms with van der Waals surface area (Å²) >= 11 is 0. The van der Waals surface area contributed by atoms with Crippen LogP contribution < -0.4 is 4.74 Å². The van der Waals surface area contributed by atoms with Crippen molar-refractivity contribution in [3.05, 3.63) is 75.9 Å². The van der Waals surface area contributed by atoms with Gasteiger partial charge < -0.3 is 4.74 Å². The molecule has 0 aromatic heterocycles. The van der Waals surface area contributed by atoms with E-state index in [2.05, 4.69) is 51.6 Å². The molecule has 2 atom stereocenters. The van der Waals surface area contributed by atoms with Gasteiger partial charge in [-0.1, -0.05) is 56.8 Å². The van der Waals surface area contributed by atoms with E-state index < -0.39 is 10.8 Å². The maximum Gasteiger partial charge on any atom is 0.253 e. The minimum atomic E-state index is -1.84. The number of benzene rings is 2. The van der Waals surface area contributed by atoms with Gasteiger partial charge in [0.05, 0.1) is 5.41 Å². The SMILES string of the molecule is C=C1c2ccc3c(c2OC2CCc4cc(C)c(C(C#N)(C#N)C#N)cc4[C@]12C)C=CC(C)(C)C3. The van der Waals surface area contributed by atoms with E-state index in [-0.39, 0.29) is 11.5 Å². The molecule has 0 radical (unpaired) electrons. The van der Waals surface area contributed by atoms with Crippen molar-refractivity contribution in [2.75, 3.05) is 0 Å². The highest BCUT2D eigenvalue weighted by Crippen LogP contribution is 2.55. The highest BCUT2D eigenvalue weighted by molar-refractivity contribution is 5.84. The molecule has 0 amide bonds. The molecule has 2 aromatic carbocycles. The van der Waals surface area contributed by atoms with Crippen molar-refractivity contribution < 1.29 is 4.74 Å². The number of allylic oxidation sites excluding steroid dienone is 1. The molecule has 2 aromatic rings. The summed E-state index contributed by atoms with van der Waals surface area (Å²) in [5, 5.41) is 29.2. The van der Waals surface area contributed by atoms with Gasteiger partial charge in [-0.15, -0.1) is 0 Å². The van der Waals surface area contributed by atoms with Crippen LogP contribution in [0.25, 0.3) is 11.6 Å². The van der Waals surface area contributed by atoms with Gasteiger partial charge in [0.2, 0.25) is 0 Å². The van der Waals surface area contributed by atoms with Crippen molar-refractivity contribution >= 4 is 11.6 Å². The number of hydrogen-bond acceptors (Lipinski definition) is 4. The van der Waals surface area contributed by atoms with Gasteiger partial charge in [0, 0.05) is 16.7 Å². The molecule has 168 valence electrons. The topological polar surface area (TPSA) is 80.6 Å². The molecular weight excluding hydrogens is 418 g/mol. The number of nitrogens with zero attached hydrogens (tertiary/aromatic N) is 3. The van der Waals surface area contributed by atoms with Crippen molar-refractivity contribution in [3.63, 3.8) is 0 Å². The van der Waals surface area contributed by atoms with Crippen molar-refractivity contribution in [3.8, 4) is 24.0 Å². The summed E-state index contributed by atoms with van der Waals surface area (Å²) in [6.45, 7) is 13.1. The fraction of sp³-hybridized carbons (Fsp3) is 0.367. The van der Waals surface area contributed by atoms with Crippen molar-refractivity contribution in [2.24, 2.45) is 5.41 Å². The first-order valence-electron chi connectivity index (χ1n) is 11.7. The Hall–Kier alpha value is -3.81. The molecule has 0 fully saturated rings. The van der Waals surface area contributed by atoms with Crippen LogP contribution in [0.2, 0.25) is 0 Å². The predicted molar refractivity (Wildman–Crippen MR) is 132 cm³/mol. The average Bonchev–Trinajstić information content (AvgIpc) is 2.81. The molecule has 1 aliphatic heterocycles. The zero-order chi connectivity index (χ0) is 24.5. The normalized spacial score (nSPS) is 23.7. The van der Waals surface area contributed by atoms with E-state index in [4.69, 9.17) is 4.74 Å². The van der Waals surface area contributed by atoms with Gasteiger partial charge in [-0.25, -0.2) is 0 Å². The van der Waals surface area contributed by atoms with Crippen LogP contribution >= 0.6 is 0 Å². The molecule has 1 unspecified atom stereocenters. The molecular formula is C30H27N3O. The molecule has 4 nitrogen and oxygen atoms in total. The number of fused-ring (bicyclic) bond motifs is 6. The lowest BCUT2D eigenvalue weighted by atomic mass is 9.61. The standard InChI is InChI=1S/C30H27N3O/c1-18-12-20-7-9-26-29(5,25(20)13-24(18)30(15-31,16-32)17-33)19(2)22-8-6-21-14-28(3,4)11-10-23(21)27(22)34-26/h6,8,10-13,26H,2,7,9,14H2,1,3-5H3/t26?,29-/m0/s1. The maximum absolute atomic E-state index is 9.74. The van der Waals surface area contributed by atoms with Crippen LogP contribution in [-0.2, 0) is 23.7 Å². The second-order valence-corrected chi connectivity index (χ2v) is 10.7. The van der Waals surface area contributed by atoms with Crippen LogP contribution in [0.5, 0.6) is 5.75 Å². The number of ether oxygens (including phenoxy) is 1. The van der Waals surface area contributed by atoms with Gasteiger partial charge in [0.25, 0.3) is 5.41 Å². The van der Waals surface area contributed by atoms with Crippen LogP contribution in [0.4, 0.5) is 0 Å². The molecule has 0 saturated heterocycles. The summed E-state index contributed by atoms with van der Waals surface area (Å²) in [5.41, 5.74) is 5.57. The predicted octanol–water partition coefficient (Wildman–Crippen LogP) is 6.08. The summed E-state index contributed by atoms with van der Waals surface area (Å²) in [6, 6.07) is 14.1. The molecule has 34 heavy (non-hydrogen) atoms. The number of nitriles is 3. The van der Waals surface area contributed by atoms with Gasteiger partial charge >= 0.3 is 0 Å². The average molecular weight is 446 g/mol.